The Morgan fingerprint density at radius 1 is 1.36 bits per heavy atom. The zero-order valence-corrected chi connectivity index (χ0v) is 13.1. The molecule has 1 saturated carbocycles. The number of nitrogens with one attached hydrogen (secondary N) is 2. The topological polar surface area (TPSA) is 115 Å². The van der Waals surface area contributed by atoms with E-state index in [2.05, 4.69) is 26.8 Å². The van der Waals surface area contributed by atoms with Crippen LogP contribution in [0.4, 0.5) is 17.3 Å². The molecule has 1 fully saturated rings. The summed E-state index contributed by atoms with van der Waals surface area (Å²) < 4.78 is 1.61. The monoisotopic (exact) mass is 334 g/mol. The van der Waals surface area contributed by atoms with Gasteiger partial charge in [-0.2, -0.15) is 14.9 Å². The average molecular weight is 334 g/mol. The molecule has 3 aromatic rings. The second-order valence-electron chi connectivity index (χ2n) is 5.86. The normalized spacial score (nSPS) is 13.4. The summed E-state index contributed by atoms with van der Waals surface area (Å²) in [5.41, 5.74) is 1.61. The first-order chi connectivity index (χ1) is 12.1. The van der Waals surface area contributed by atoms with Gasteiger partial charge in [-0.15, -0.1) is 0 Å². The van der Waals surface area contributed by atoms with E-state index >= 15 is 0 Å². The summed E-state index contributed by atoms with van der Waals surface area (Å²) in [7, 11) is 0. The summed E-state index contributed by atoms with van der Waals surface area (Å²) in [4.78, 5) is 15.6. The van der Waals surface area contributed by atoms with E-state index in [0.717, 1.165) is 18.7 Å². The summed E-state index contributed by atoms with van der Waals surface area (Å²) >= 11 is 0. The van der Waals surface area contributed by atoms with Gasteiger partial charge < -0.3 is 15.7 Å². The SMILES string of the molecule is N#Cc1cnn2c(NC3CC3)cc(Nc3cccc(C(=O)O)c3)nc12. The number of hydrogen-bond donors (Lipinski definition) is 3. The summed E-state index contributed by atoms with van der Waals surface area (Å²) in [5.74, 6) is 0.256. The Hall–Kier alpha value is -3.60. The van der Waals surface area contributed by atoms with Crippen molar-refractivity contribution in [1.82, 2.24) is 14.6 Å². The number of carboxylic acid groups (broad SMARTS) is 1. The van der Waals surface area contributed by atoms with Gasteiger partial charge in [0.25, 0.3) is 0 Å². The van der Waals surface area contributed by atoms with Crippen molar-refractivity contribution in [3.05, 3.63) is 47.7 Å². The number of anilines is 3. The summed E-state index contributed by atoms with van der Waals surface area (Å²) in [6, 6.07) is 10.8. The van der Waals surface area contributed by atoms with Crippen molar-refractivity contribution in [3.63, 3.8) is 0 Å². The molecule has 0 aliphatic heterocycles. The number of hydrogen-bond acceptors (Lipinski definition) is 6. The number of carboxylic acids is 1. The number of nitriles is 1. The van der Waals surface area contributed by atoms with Crippen LogP contribution in [0.15, 0.2) is 36.5 Å². The van der Waals surface area contributed by atoms with Crippen LogP contribution in [0, 0.1) is 11.3 Å². The van der Waals surface area contributed by atoms with Gasteiger partial charge in [-0.05, 0) is 31.0 Å². The molecule has 0 radical (unpaired) electrons. The van der Waals surface area contributed by atoms with Crippen LogP contribution in [0.3, 0.4) is 0 Å². The van der Waals surface area contributed by atoms with Crippen molar-refractivity contribution in [1.29, 1.82) is 5.26 Å². The first-order valence-corrected chi connectivity index (χ1v) is 7.80. The molecule has 8 heteroatoms. The molecule has 0 spiro atoms. The van der Waals surface area contributed by atoms with Crippen LogP contribution in [0.25, 0.3) is 5.65 Å². The van der Waals surface area contributed by atoms with Gasteiger partial charge in [0.05, 0.1) is 11.8 Å². The standard InChI is InChI=1S/C17H14N6O2/c18-8-11-9-19-23-15(21-12-4-5-12)7-14(22-16(11)23)20-13-3-1-2-10(6-13)17(24)25/h1-3,6-7,9,12,21H,4-5H2,(H,20,22)(H,24,25). The Balaban J connectivity index is 1.74. The molecule has 0 atom stereocenters. The Morgan fingerprint density at radius 3 is 2.92 bits per heavy atom. The van der Waals surface area contributed by atoms with Crippen LogP contribution in [0.5, 0.6) is 0 Å². The van der Waals surface area contributed by atoms with E-state index in [9.17, 15) is 10.1 Å². The van der Waals surface area contributed by atoms with Crippen LogP contribution in [-0.2, 0) is 0 Å². The van der Waals surface area contributed by atoms with Crippen molar-refractivity contribution in [2.45, 2.75) is 18.9 Å². The number of aromatic carboxylic acids is 1. The average Bonchev–Trinajstić information content (AvgIpc) is 3.32. The third-order valence-electron chi connectivity index (χ3n) is 3.90. The lowest BCUT2D eigenvalue weighted by Crippen LogP contribution is -2.09. The first-order valence-electron chi connectivity index (χ1n) is 7.80. The van der Waals surface area contributed by atoms with E-state index in [1.807, 2.05) is 0 Å². The molecule has 3 N–H and O–H groups in total. The largest absolute Gasteiger partial charge is 0.478 e. The molecule has 8 nitrogen and oxygen atoms in total. The fourth-order valence-electron chi connectivity index (χ4n) is 2.52. The second kappa shape index (κ2) is 5.79. The van der Waals surface area contributed by atoms with Crippen LogP contribution < -0.4 is 10.6 Å². The minimum atomic E-state index is -0.995. The highest BCUT2D eigenvalue weighted by Gasteiger charge is 2.23. The summed E-state index contributed by atoms with van der Waals surface area (Å²) in [6.45, 7) is 0. The molecule has 25 heavy (non-hydrogen) atoms. The number of nitrogens with zero attached hydrogens (tertiary/aromatic N) is 4. The summed E-state index contributed by atoms with van der Waals surface area (Å²) in [6.07, 6.45) is 3.68. The van der Waals surface area contributed by atoms with Crippen LogP contribution >= 0.6 is 0 Å². The molecule has 1 aliphatic carbocycles. The van der Waals surface area contributed by atoms with Gasteiger partial charge in [-0.25, -0.2) is 9.78 Å². The third-order valence-corrected chi connectivity index (χ3v) is 3.90. The molecule has 2 aromatic heterocycles. The van der Waals surface area contributed by atoms with Crippen LogP contribution in [0.2, 0.25) is 0 Å². The third kappa shape index (κ3) is 2.95. The van der Waals surface area contributed by atoms with Crippen molar-refractivity contribution in [2.75, 3.05) is 10.6 Å². The van der Waals surface area contributed by atoms with E-state index < -0.39 is 5.97 Å². The van der Waals surface area contributed by atoms with E-state index in [-0.39, 0.29) is 5.56 Å². The molecule has 0 unspecified atom stereocenters. The predicted octanol–water partition coefficient (Wildman–Crippen LogP) is 2.62. The first kappa shape index (κ1) is 15.0. The lowest BCUT2D eigenvalue weighted by atomic mass is 10.2. The highest BCUT2D eigenvalue weighted by Crippen LogP contribution is 2.28. The zero-order chi connectivity index (χ0) is 17.4. The molecule has 1 aromatic carbocycles. The van der Waals surface area contributed by atoms with Gasteiger partial charge in [-0.1, -0.05) is 6.07 Å². The predicted molar refractivity (Wildman–Crippen MR) is 91.0 cm³/mol. The molecule has 1 aliphatic rings. The van der Waals surface area contributed by atoms with Crippen LogP contribution in [0.1, 0.15) is 28.8 Å². The molecule has 0 saturated heterocycles. The van der Waals surface area contributed by atoms with Gasteiger partial charge in [0, 0.05) is 17.8 Å². The maximum absolute atomic E-state index is 11.1. The highest BCUT2D eigenvalue weighted by molar-refractivity contribution is 5.89. The highest BCUT2D eigenvalue weighted by atomic mass is 16.4. The van der Waals surface area contributed by atoms with Crippen molar-refractivity contribution in [3.8, 4) is 6.07 Å². The van der Waals surface area contributed by atoms with Gasteiger partial charge >= 0.3 is 5.97 Å². The molecule has 0 amide bonds. The van der Waals surface area contributed by atoms with Crippen molar-refractivity contribution in [2.24, 2.45) is 0 Å². The molecular formula is C17H14N6O2. The van der Waals surface area contributed by atoms with Crippen molar-refractivity contribution < 1.29 is 9.90 Å². The molecule has 2 heterocycles. The van der Waals surface area contributed by atoms with Crippen LogP contribution in [-0.4, -0.2) is 31.7 Å². The number of fused-ring (bicyclic) bond motifs is 1. The summed E-state index contributed by atoms with van der Waals surface area (Å²) in [5, 5.41) is 29.0. The van der Waals surface area contributed by atoms with Crippen molar-refractivity contribution >= 4 is 28.9 Å². The Morgan fingerprint density at radius 2 is 2.20 bits per heavy atom. The Kier molecular flexibility index (Phi) is 3.47. The molecule has 4 rings (SSSR count). The van der Waals surface area contributed by atoms with Gasteiger partial charge in [0.1, 0.15) is 23.3 Å². The maximum atomic E-state index is 11.1. The van der Waals surface area contributed by atoms with E-state index in [1.165, 1.54) is 18.3 Å². The lowest BCUT2D eigenvalue weighted by molar-refractivity contribution is 0.0697. The fourth-order valence-corrected chi connectivity index (χ4v) is 2.52. The van der Waals surface area contributed by atoms with E-state index in [1.54, 1.807) is 22.7 Å². The zero-order valence-electron chi connectivity index (χ0n) is 13.1. The number of rotatable bonds is 5. The fraction of sp³-hybridized carbons (Fsp3) is 0.176. The minimum Gasteiger partial charge on any atom is -0.478 e. The molecular weight excluding hydrogens is 320 g/mol. The smallest absolute Gasteiger partial charge is 0.335 e. The number of aromatic nitrogens is 3. The second-order valence-corrected chi connectivity index (χ2v) is 5.86. The maximum Gasteiger partial charge on any atom is 0.335 e. The van der Waals surface area contributed by atoms with E-state index in [0.29, 0.717) is 28.8 Å². The minimum absolute atomic E-state index is 0.185. The molecule has 0 bridgehead atoms. The Labute approximate surface area is 142 Å². The van der Waals surface area contributed by atoms with Gasteiger partial charge in [0.15, 0.2) is 5.65 Å². The number of carbonyl (C=O) groups is 1. The van der Waals surface area contributed by atoms with Gasteiger partial charge in [-0.3, -0.25) is 0 Å². The number of benzene rings is 1. The quantitative estimate of drug-likeness (QED) is 0.657. The van der Waals surface area contributed by atoms with E-state index in [4.69, 9.17) is 5.11 Å². The molecule has 124 valence electrons. The lowest BCUT2D eigenvalue weighted by Gasteiger charge is -2.11. The van der Waals surface area contributed by atoms with Gasteiger partial charge in [0.2, 0.25) is 0 Å². The Bertz CT molecular complexity index is 1020.